The molecule has 1 N–H and O–H groups in total. The fourth-order valence-corrected chi connectivity index (χ4v) is 1.84. The van der Waals surface area contributed by atoms with Gasteiger partial charge in [-0.15, -0.1) is 0 Å². The molecular formula is C14H11Cl2NO2. The van der Waals surface area contributed by atoms with Crippen molar-refractivity contribution < 1.29 is 9.94 Å². The van der Waals surface area contributed by atoms with Crippen molar-refractivity contribution in [1.82, 2.24) is 0 Å². The summed E-state index contributed by atoms with van der Waals surface area (Å²) in [4.78, 5) is 0. The van der Waals surface area contributed by atoms with Gasteiger partial charge in [0.25, 0.3) is 0 Å². The van der Waals surface area contributed by atoms with Gasteiger partial charge in [-0.1, -0.05) is 52.6 Å². The van der Waals surface area contributed by atoms with E-state index in [2.05, 4.69) is 5.16 Å². The van der Waals surface area contributed by atoms with E-state index in [1.165, 1.54) is 0 Å². The van der Waals surface area contributed by atoms with Gasteiger partial charge < -0.3 is 9.94 Å². The Kier molecular flexibility index (Phi) is 4.66. The number of oxime groups is 1. The molecule has 0 aliphatic carbocycles. The molecule has 0 atom stereocenters. The van der Waals surface area contributed by atoms with Gasteiger partial charge in [0.2, 0.25) is 0 Å². The number of para-hydroxylation sites is 1. The van der Waals surface area contributed by atoms with Gasteiger partial charge in [0.15, 0.2) is 5.17 Å². The molecule has 2 aromatic carbocycles. The van der Waals surface area contributed by atoms with E-state index in [9.17, 15) is 0 Å². The molecule has 0 fully saturated rings. The van der Waals surface area contributed by atoms with Gasteiger partial charge in [-0.25, -0.2) is 0 Å². The summed E-state index contributed by atoms with van der Waals surface area (Å²) in [6, 6.07) is 14.5. The van der Waals surface area contributed by atoms with Crippen LogP contribution in [0.5, 0.6) is 5.75 Å². The van der Waals surface area contributed by atoms with E-state index in [0.717, 1.165) is 5.56 Å². The van der Waals surface area contributed by atoms with Crippen LogP contribution in [0.3, 0.4) is 0 Å². The van der Waals surface area contributed by atoms with Crippen LogP contribution in [0.4, 0.5) is 0 Å². The van der Waals surface area contributed by atoms with Crippen molar-refractivity contribution in [1.29, 1.82) is 0 Å². The lowest BCUT2D eigenvalue weighted by Gasteiger charge is -2.10. The maximum atomic E-state index is 8.71. The zero-order valence-electron chi connectivity index (χ0n) is 9.88. The maximum absolute atomic E-state index is 8.71. The predicted octanol–water partition coefficient (Wildman–Crippen LogP) is 4.29. The van der Waals surface area contributed by atoms with Gasteiger partial charge in [-0.2, -0.15) is 0 Å². The Labute approximate surface area is 121 Å². The van der Waals surface area contributed by atoms with Gasteiger partial charge >= 0.3 is 0 Å². The Hall–Kier alpha value is -1.71. The lowest BCUT2D eigenvalue weighted by Crippen LogP contribution is -2.01. The summed E-state index contributed by atoms with van der Waals surface area (Å²) in [7, 11) is 0. The zero-order chi connectivity index (χ0) is 13.7. The first-order chi connectivity index (χ1) is 9.20. The number of hydrogen-bond donors (Lipinski definition) is 1. The second-order valence-electron chi connectivity index (χ2n) is 3.80. The largest absolute Gasteiger partial charge is 0.488 e. The first-order valence-electron chi connectivity index (χ1n) is 5.55. The SMILES string of the molecule is O/N=C(\Cl)c1ccccc1OCc1ccc(Cl)cc1. The molecule has 0 saturated carbocycles. The molecule has 0 spiro atoms. The summed E-state index contributed by atoms with van der Waals surface area (Å²) in [6.45, 7) is 0.379. The Morgan fingerprint density at radius 1 is 1.11 bits per heavy atom. The third-order valence-corrected chi connectivity index (χ3v) is 3.04. The van der Waals surface area contributed by atoms with Gasteiger partial charge in [0.1, 0.15) is 12.4 Å². The monoisotopic (exact) mass is 295 g/mol. The summed E-state index contributed by atoms with van der Waals surface area (Å²) >= 11 is 11.6. The number of ether oxygens (including phenoxy) is 1. The van der Waals surface area contributed by atoms with Crippen LogP contribution in [0.25, 0.3) is 0 Å². The molecule has 0 aromatic heterocycles. The molecule has 3 nitrogen and oxygen atoms in total. The van der Waals surface area contributed by atoms with E-state index >= 15 is 0 Å². The Balaban J connectivity index is 2.13. The molecule has 2 aromatic rings. The molecule has 2 rings (SSSR count). The van der Waals surface area contributed by atoms with Gasteiger partial charge in [0, 0.05) is 5.02 Å². The molecule has 0 radical (unpaired) electrons. The van der Waals surface area contributed by atoms with Gasteiger partial charge in [-0.05, 0) is 29.8 Å². The molecule has 0 aliphatic rings. The second-order valence-corrected chi connectivity index (χ2v) is 4.60. The Morgan fingerprint density at radius 3 is 2.47 bits per heavy atom. The van der Waals surface area contributed by atoms with Crippen LogP contribution in [-0.4, -0.2) is 10.4 Å². The average Bonchev–Trinajstić information content (AvgIpc) is 2.46. The molecule has 19 heavy (non-hydrogen) atoms. The molecule has 0 amide bonds. The topological polar surface area (TPSA) is 41.8 Å². The molecule has 0 heterocycles. The van der Waals surface area contributed by atoms with E-state index in [-0.39, 0.29) is 5.17 Å². The second kappa shape index (κ2) is 6.45. The van der Waals surface area contributed by atoms with Crippen LogP contribution in [0, 0.1) is 0 Å². The summed E-state index contributed by atoms with van der Waals surface area (Å²) in [6.07, 6.45) is 0. The van der Waals surface area contributed by atoms with E-state index in [0.29, 0.717) is 22.9 Å². The first-order valence-corrected chi connectivity index (χ1v) is 6.30. The van der Waals surface area contributed by atoms with Crippen molar-refractivity contribution >= 4 is 28.4 Å². The van der Waals surface area contributed by atoms with E-state index in [1.807, 2.05) is 18.2 Å². The highest BCUT2D eigenvalue weighted by Crippen LogP contribution is 2.22. The summed E-state index contributed by atoms with van der Waals surface area (Å²) in [5.41, 5.74) is 1.52. The minimum atomic E-state index is -0.00768. The molecule has 5 heteroatoms. The highest BCUT2D eigenvalue weighted by molar-refractivity contribution is 6.69. The van der Waals surface area contributed by atoms with Crippen molar-refractivity contribution in [2.75, 3.05) is 0 Å². The first kappa shape index (κ1) is 13.7. The van der Waals surface area contributed by atoms with Crippen molar-refractivity contribution in [3.63, 3.8) is 0 Å². The van der Waals surface area contributed by atoms with Crippen molar-refractivity contribution in [3.8, 4) is 5.75 Å². The lowest BCUT2D eigenvalue weighted by molar-refractivity contribution is 0.304. The number of nitrogens with zero attached hydrogens (tertiary/aromatic N) is 1. The number of halogens is 2. The van der Waals surface area contributed by atoms with E-state index in [4.69, 9.17) is 33.1 Å². The molecule has 0 aliphatic heterocycles. The number of benzene rings is 2. The van der Waals surface area contributed by atoms with Crippen molar-refractivity contribution in [2.45, 2.75) is 6.61 Å². The third kappa shape index (κ3) is 3.63. The van der Waals surface area contributed by atoms with Crippen LogP contribution < -0.4 is 4.74 Å². The maximum Gasteiger partial charge on any atom is 0.179 e. The normalized spacial score (nSPS) is 11.4. The lowest BCUT2D eigenvalue weighted by atomic mass is 10.2. The summed E-state index contributed by atoms with van der Waals surface area (Å²) in [5.74, 6) is 0.556. The van der Waals surface area contributed by atoms with Crippen LogP contribution >= 0.6 is 23.2 Å². The van der Waals surface area contributed by atoms with Crippen LogP contribution in [0.2, 0.25) is 5.02 Å². The number of rotatable bonds is 4. The highest BCUT2D eigenvalue weighted by atomic mass is 35.5. The van der Waals surface area contributed by atoms with Crippen LogP contribution in [-0.2, 0) is 6.61 Å². The van der Waals surface area contributed by atoms with Gasteiger partial charge in [0.05, 0.1) is 5.56 Å². The third-order valence-electron chi connectivity index (χ3n) is 2.50. The zero-order valence-corrected chi connectivity index (χ0v) is 11.4. The quantitative estimate of drug-likeness (QED) is 0.519. The van der Waals surface area contributed by atoms with Crippen molar-refractivity contribution in [3.05, 3.63) is 64.7 Å². The fraction of sp³-hybridized carbons (Fsp3) is 0.0714. The standard InChI is InChI=1S/C14H11Cl2NO2/c15-11-7-5-10(6-8-11)9-19-13-4-2-1-3-12(13)14(16)17-18/h1-8,18H,9H2/b17-14-. The highest BCUT2D eigenvalue weighted by Gasteiger charge is 2.08. The van der Waals surface area contributed by atoms with Crippen LogP contribution in [0.1, 0.15) is 11.1 Å². The van der Waals surface area contributed by atoms with Crippen LogP contribution in [0.15, 0.2) is 53.7 Å². The Bertz CT molecular complexity index is 582. The minimum Gasteiger partial charge on any atom is -0.488 e. The van der Waals surface area contributed by atoms with Gasteiger partial charge in [-0.3, -0.25) is 0 Å². The van der Waals surface area contributed by atoms with E-state index in [1.54, 1.807) is 30.3 Å². The van der Waals surface area contributed by atoms with E-state index < -0.39 is 0 Å². The molecule has 98 valence electrons. The molecule has 0 saturated heterocycles. The summed E-state index contributed by atoms with van der Waals surface area (Å²) < 4.78 is 5.67. The molecule has 0 unspecified atom stereocenters. The predicted molar refractivity (Wildman–Crippen MR) is 76.4 cm³/mol. The average molecular weight is 296 g/mol. The smallest absolute Gasteiger partial charge is 0.179 e. The Morgan fingerprint density at radius 2 is 1.79 bits per heavy atom. The minimum absolute atomic E-state index is 0.00768. The fourth-order valence-electron chi connectivity index (χ4n) is 1.56. The molecular weight excluding hydrogens is 285 g/mol. The molecule has 0 bridgehead atoms. The summed E-state index contributed by atoms with van der Waals surface area (Å²) in [5, 5.41) is 12.4. The van der Waals surface area contributed by atoms with Crippen molar-refractivity contribution in [2.24, 2.45) is 5.16 Å². The number of hydrogen-bond acceptors (Lipinski definition) is 3.